The van der Waals surface area contributed by atoms with Crippen molar-refractivity contribution in [1.29, 1.82) is 0 Å². The highest BCUT2D eigenvalue weighted by Gasteiger charge is 2.36. The minimum Gasteiger partial charge on any atom is -0.481 e. The van der Waals surface area contributed by atoms with Gasteiger partial charge in [0, 0.05) is 32.2 Å². The molecule has 0 radical (unpaired) electrons. The van der Waals surface area contributed by atoms with Gasteiger partial charge in [-0.2, -0.15) is 0 Å². The molecule has 1 fully saturated rings. The maximum absolute atomic E-state index is 13.7. The number of methoxy groups -OCH3 is 2. The van der Waals surface area contributed by atoms with Crippen LogP contribution in [0.3, 0.4) is 0 Å². The zero-order valence-corrected chi connectivity index (χ0v) is 23.4. The summed E-state index contributed by atoms with van der Waals surface area (Å²) in [6.07, 6.45) is 6.02. The summed E-state index contributed by atoms with van der Waals surface area (Å²) in [6, 6.07) is 5.22. The van der Waals surface area contributed by atoms with Gasteiger partial charge in [-0.1, -0.05) is 13.0 Å². The van der Waals surface area contributed by atoms with Crippen molar-refractivity contribution < 1.29 is 22.6 Å². The first kappa shape index (κ1) is 28.1. The second-order valence-electron chi connectivity index (χ2n) is 9.54. The summed E-state index contributed by atoms with van der Waals surface area (Å²) >= 11 is 0. The summed E-state index contributed by atoms with van der Waals surface area (Å²) in [5, 5.41) is 7.87. The Morgan fingerprint density at radius 1 is 1.16 bits per heavy atom. The monoisotopic (exact) mass is 544 g/mol. The summed E-state index contributed by atoms with van der Waals surface area (Å²) in [7, 11) is -0.766. The van der Waals surface area contributed by atoms with Crippen molar-refractivity contribution in [2.45, 2.75) is 75.7 Å². The maximum Gasteiger partial charge on any atom is 0.213 e. The van der Waals surface area contributed by atoms with Crippen molar-refractivity contribution in [3.05, 3.63) is 47.8 Å². The molecule has 1 aliphatic heterocycles. The standard InChI is InChI=1S/C26H36N6O5S/c1-6-20(21-11-7-8-13-37-21)32-22(30-31-26(32)19-10-9-12-23(29-19)35-4)16-38(33,34)18(3)24(36-5)25-27-14-17(2)15-28-25/h9-10,12,14-15,18,20-21,24H,6-8,11,13,16H2,1-5H3/t18-,20+,21+,24-/m0/s1. The first-order valence-electron chi connectivity index (χ1n) is 12.9. The molecule has 4 atom stereocenters. The lowest BCUT2D eigenvalue weighted by atomic mass is 9.99. The summed E-state index contributed by atoms with van der Waals surface area (Å²) in [5.41, 5.74) is 1.42. The van der Waals surface area contributed by atoms with Crippen molar-refractivity contribution >= 4 is 9.84 Å². The van der Waals surface area contributed by atoms with Crippen LogP contribution in [0, 0.1) is 6.92 Å². The number of hydrogen-bond donors (Lipinski definition) is 0. The third kappa shape index (κ3) is 6.02. The van der Waals surface area contributed by atoms with Gasteiger partial charge in [-0.05, 0) is 51.2 Å². The highest BCUT2D eigenvalue weighted by atomic mass is 32.2. The second-order valence-corrected chi connectivity index (χ2v) is 11.9. The number of aromatic nitrogens is 6. The molecule has 3 aromatic heterocycles. The van der Waals surface area contributed by atoms with Crippen LogP contribution in [0.1, 0.15) is 68.9 Å². The first-order valence-corrected chi connectivity index (χ1v) is 14.6. The van der Waals surface area contributed by atoms with Crippen LogP contribution in [0.5, 0.6) is 5.88 Å². The lowest BCUT2D eigenvalue weighted by molar-refractivity contribution is -0.0179. The number of ether oxygens (including phenoxy) is 3. The zero-order valence-electron chi connectivity index (χ0n) is 22.6. The number of pyridine rings is 1. The van der Waals surface area contributed by atoms with E-state index in [4.69, 9.17) is 14.2 Å². The van der Waals surface area contributed by atoms with E-state index in [1.54, 1.807) is 32.5 Å². The molecule has 0 bridgehead atoms. The number of nitrogens with zero attached hydrogens (tertiary/aromatic N) is 6. The average molecular weight is 545 g/mol. The van der Waals surface area contributed by atoms with Gasteiger partial charge in [-0.25, -0.2) is 23.4 Å². The molecule has 38 heavy (non-hydrogen) atoms. The fourth-order valence-corrected chi connectivity index (χ4v) is 6.26. The van der Waals surface area contributed by atoms with Gasteiger partial charge in [0.2, 0.25) is 5.88 Å². The molecule has 12 heteroatoms. The Balaban J connectivity index is 1.73. The van der Waals surface area contributed by atoms with Gasteiger partial charge in [0.15, 0.2) is 21.5 Å². The summed E-state index contributed by atoms with van der Waals surface area (Å²) in [6.45, 7) is 6.21. The van der Waals surface area contributed by atoms with Gasteiger partial charge in [-0.3, -0.25) is 0 Å². The lowest BCUT2D eigenvalue weighted by Gasteiger charge is -2.32. The molecule has 0 unspecified atom stereocenters. The highest BCUT2D eigenvalue weighted by Crippen LogP contribution is 2.33. The Kier molecular flexibility index (Phi) is 9.06. The summed E-state index contributed by atoms with van der Waals surface area (Å²) in [5.74, 6) is 1.23. The molecule has 4 rings (SSSR count). The third-order valence-electron chi connectivity index (χ3n) is 6.95. The van der Waals surface area contributed by atoms with Crippen LogP contribution in [-0.2, 0) is 25.1 Å². The van der Waals surface area contributed by atoms with E-state index in [1.807, 2.05) is 23.6 Å². The van der Waals surface area contributed by atoms with Crippen LogP contribution in [-0.4, -0.2) is 70.3 Å². The molecule has 4 heterocycles. The molecule has 0 saturated carbocycles. The number of sulfone groups is 1. The third-order valence-corrected chi connectivity index (χ3v) is 9.00. The Morgan fingerprint density at radius 3 is 2.55 bits per heavy atom. The van der Waals surface area contributed by atoms with E-state index < -0.39 is 21.2 Å². The molecule has 0 N–H and O–H groups in total. The van der Waals surface area contributed by atoms with Crippen molar-refractivity contribution in [1.82, 2.24) is 29.7 Å². The molecule has 0 aromatic carbocycles. The fourth-order valence-electron chi connectivity index (χ4n) is 4.84. The molecule has 1 saturated heterocycles. The van der Waals surface area contributed by atoms with Gasteiger partial charge >= 0.3 is 0 Å². The van der Waals surface area contributed by atoms with E-state index in [2.05, 4.69) is 32.1 Å². The summed E-state index contributed by atoms with van der Waals surface area (Å²) in [4.78, 5) is 13.1. The quantitative estimate of drug-likeness (QED) is 0.352. The fraction of sp³-hybridized carbons (Fsp3) is 0.577. The van der Waals surface area contributed by atoms with Crippen molar-refractivity contribution in [2.24, 2.45) is 0 Å². The van der Waals surface area contributed by atoms with E-state index in [1.165, 1.54) is 7.11 Å². The van der Waals surface area contributed by atoms with Crippen LogP contribution >= 0.6 is 0 Å². The molecular formula is C26H36N6O5S. The van der Waals surface area contributed by atoms with E-state index in [9.17, 15) is 8.42 Å². The topological polar surface area (TPSA) is 131 Å². The Morgan fingerprint density at radius 2 is 1.92 bits per heavy atom. The number of rotatable bonds is 11. The predicted octanol–water partition coefficient (Wildman–Crippen LogP) is 3.66. The van der Waals surface area contributed by atoms with E-state index >= 15 is 0 Å². The minimum atomic E-state index is -3.77. The van der Waals surface area contributed by atoms with Gasteiger partial charge < -0.3 is 18.8 Å². The molecular weight excluding hydrogens is 508 g/mol. The second kappa shape index (κ2) is 12.3. The van der Waals surface area contributed by atoms with Crippen molar-refractivity contribution in [3.8, 4) is 17.4 Å². The Bertz CT molecular complexity index is 1310. The maximum atomic E-state index is 13.7. The predicted molar refractivity (Wildman–Crippen MR) is 141 cm³/mol. The minimum absolute atomic E-state index is 0.0827. The number of aryl methyl sites for hydroxylation is 1. The lowest BCUT2D eigenvalue weighted by Crippen LogP contribution is -2.33. The molecule has 0 amide bonds. The molecule has 0 spiro atoms. The van der Waals surface area contributed by atoms with Crippen LogP contribution in [0.15, 0.2) is 30.6 Å². The average Bonchev–Trinajstić information content (AvgIpc) is 3.33. The summed E-state index contributed by atoms with van der Waals surface area (Å²) < 4.78 is 46.4. The van der Waals surface area contributed by atoms with Crippen LogP contribution in [0.4, 0.5) is 0 Å². The van der Waals surface area contributed by atoms with Gasteiger partial charge in [0.1, 0.15) is 23.4 Å². The normalized spacial score (nSPS) is 18.6. The van der Waals surface area contributed by atoms with Crippen LogP contribution < -0.4 is 4.74 Å². The van der Waals surface area contributed by atoms with Crippen LogP contribution in [0.2, 0.25) is 0 Å². The van der Waals surface area contributed by atoms with E-state index in [0.29, 0.717) is 42.1 Å². The number of hydrogen-bond acceptors (Lipinski definition) is 10. The SMILES string of the molecule is CC[C@H]([C@H]1CCCCO1)n1c(CS(=O)(=O)[C@@H](C)[C@H](OC)c2ncc(C)cn2)nnc1-c1cccc(OC)n1. The van der Waals surface area contributed by atoms with Crippen molar-refractivity contribution in [2.75, 3.05) is 20.8 Å². The smallest absolute Gasteiger partial charge is 0.213 e. The zero-order chi connectivity index (χ0) is 27.3. The first-order chi connectivity index (χ1) is 18.3. The largest absolute Gasteiger partial charge is 0.481 e. The highest BCUT2D eigenvalue weighted by molar-refractivity contribution is 7.91. The molecule has 1 aliphatic rings. The Labute approximate surface area is 223 Å². The molecule has 11 nitrogen and oxygen atoms in total. The molecule has 206 valence electrons. The molecule has 0 aliphatic carbocycles. The van der Waals surface area contributed by atoms with Crippen LogP contribution in [0.25, 0.3) is 11.5 Å². The molecule has 3 aromatic rings. The van der Waals surface area contributed by atoms with Gasteiger partial charge in [-0.15, -0.1) is 10.2 Å². The Hall–Kier alpha value is -2.96. The van der Waals surface area contributed by atoms with E-state index in [0.717, 1.165) is 24.8 Å². The van der Waals surface area contributed by atoms with Gasteiger partial charge in [0.25, 0.3) is 0 Å². The van der Waals surface area contributed by atoms with E-state index in [-0.39, 0.29) is 17.9 Å². The van der Waals surface area contributed by atoms with Crippen molar-refractivity contribution in [3.63, 3.8) is 0 Å². The van der Waals surface area contributed by atoms with Gasteiger partial charge in [0.05, 0.1) is 24.5 Å².